The highest BCUT2D eigenvalue weighted by molar-refractivity contribution is 9.10. The zero-order chi connectivity index (χ0) is 13.5. The summed E-state index contributed by atoms with van der Waals surface area (Å²) in [6.07, 6.45) is 1.21. The van der Waals surface area contributed by atoms with Crippen molar-refractivity contribution in [1.29, 1.82) is 0 Å². The molecule has 3 nitrogen and oxygen atoms in total. The first kappa shape index (κ1) is 15.0. The fourth-order valence-corrected chi connectivity index (χ4v) is 2.78. The van der Waals surface area contributed by atoms with E-state index in [4.69, 9.17) is 9.47 Å². The van der Waals surface area contributed by atoms with Gasteiger partial charge in [0.25, 0.3) is 0 Å². The average molecular weight is 328 g/mol. The summed E-state index contributed by atoms with van der Waals surface area (Å²) in [5.74, 6) is 0.548. The molecule has 1 fully saturated rings. The van der Waals surface area contributed by atoms with Crippen LogP contribution in [-0.4, -0.2) is 32.9 Å². The Morgan fingerprint density at radius 2 is 2.32 bits per heavy atom. The van der Waals surface area contributed by atoms with Gasteiger partial charge in [0.1, 0.15) is 0 Å². The molecule has 106 valence electrons. The van der Waals surface area contributed by atoms with Crippen molar-refractivity contribution in [2.75, 3.05) is 32.9 Å². The van der Waals surface area contributed by atoms with Gasteiger partial charge in [-0.3, -0.25) is 0 Å². The van der Waals surface area contributed by atoms with Gasteiger partial charge in [-0.15, -0.1) is 0 Å². The molecule has 0 amide bonds. The average Bonchev–Trinajstić information content (AvgIpc) is 2.93. The van der Waals surface area contributed by atoms with E-state index in [-0.39, 0.29) is 6.10 Å². The number of hydrogen-bond acceptors (Lipinski definition) is 3. The van der Waals surface area contributed by atoms with E-state index in [1.54, 1.807) is 0 Å². The Bertz CT molecular complexity index is 380. The van der Waals surface area contributed by atoms with Crippen LogP contribution in [0.25, 0.3) is 0 Å². The summed E-state index contributed by atoms with van der Waals surface area (Å²) in [5.41, 5.74) is 1.21. The van der Waals surface area contributed by atoms with E-state index in [1.165, 1.54) is 5.56 Å². The monoisotopic (exact) mass is 327 g/mol. The summed E-state index contributed by atoms with van der Waals surface area (Å²) in [5, 5.41) is 3.37. The summed E-state index contributed by atoms with van der Waals surface area (Å²) in [6, 6.07) is 8.28. The molecule has 19 heavy (non-hydrogen) atoms. The Labute approximate surface area is 123 Å². The highest BCUT2D eigenvalue weighted by Gasteiger charge is 2.20. The van der Waals surface area contributed by atoms with Crippen LogP contribution < -0.4 is 5.32 Å². The molecule has 0 spiro atoms. The van der Waals surface area contributed by atoms with Crippen molar-refractivity contribution in [2.24, 2.45) is 5.92 Å². The van der Waals surface area contributed by atoms with Crippen LogP contribution in [-0.2, 0) is 9.47 Å². The molecule has 1 heterocycles. The lowest BCUT2D eigenvalue weighted by Crippen LogP contribution is -2.25. The molecule has 1 aliphatic rings. The zero-order valence-electron chi connectivity index (χ0n) is 11.4. The molecule has 0 saturated carbocycles. The number of likely N-dealkylation sites (N-methyl/N-ethyl adjacent to an activating group) is 1. The zero-order valence-corrected chi connectivity index (χ0v) is 13.0. The molecule has 2 atom stereocenters. The SMILES string of the molecule is CCNCC(OCC1CCOC1)c1ccccc1Br. The lowest BCUT2D eigenvalue weighted by Gasteiger charge is -2.21. The van der Waals surface area contributed by atoms with Crippen LogP contribution in [0.15, 0.2) is 28.7 Å². The number of rotatable bonds is 7. The highest BCUT2D eigenvalue weighted by Crippen LogP contribution is 2.26. The molecule has 0 bridgehead atoms. The van der Waals surface area contributed by atoms with Crippen LogP contribution in [0.4, 0.5) is 0 Å². The standard InChI is InChI=1S/C15H22BrNO2/c1-2-17-9-15(13-5-3-4-6-14(13)16)19-11-12-7-8-18-10-12/h3-6,12,15,17H,2,7-11H2,1H3. The first-order valence-corrected chi connectivity index (χ1v) is 7.75. The molecule has 4 heteroatoms. The van der Waals surface area contributed by atoms with Crippen LogP contribution in [0.1, 0.15) is 25.0 Å². The molecular weight excluding hydrogens is 306 g/mol. The number of nitrogens with one attached hydrogen (secondary N) is 1. The molecule has 1 aromatic rings. The molecular formula is C15H22BrNO2. The summed E-state index contributed by atoms with van der Waals surface area (Å²) in [7, 11) is 0. The van der Waals surface area contributed by atoms with Gasteiger partial charge < -0.3 is 14.8 Å². The molecule has 2 unspecified atom stereocenters. The molecule has 1 aliphatic heterocycles. The van der Waals surface area contributed by atoms with Crippen molar-refractivity contribution < 1.29 is 9.47 Å². The fraction of sp³-hybridized carbons (Fsp3) is 0.600. The van der Waals surface area contributed by atoms with Crippen molar-refractivity contribution in [2.45, 2.75) is 19.4 Å². The van der Waals surface area contributed by atoms with Crippen LogP contribution in [0, 0.1) is 5.92 Å². The maximum Gasteiger partial charge on any atom is 0.0960 e. The first-order chi connectivity index (χ1) is 9.31. The van der Waals surface area contributed by atoms with Gasteiger partial charge in [-0.2, -0.15) is 0 Å². The van der Waals surface area contributed by atoms with Gasteiger partial charge in [0.2, 0.25) is 0 Å². The van der Waals surface area contributed by atoms with E-state index in [1.807, 2.05) is 6.07 Å². The van der Waals surface area contributed by atoms with Crippen LogP contribution in [0.5, 0.6) is 0 Å². The second-order valence-corrected chi connectivity index (χ2v) is 5.74. The number of ether oxygens (including phenoxy) is 2. The molecule has 0 aromatic heterocycles. The minimum Gasteiger partial charge on any atom is -0.381 e. The predicted molar refractivity (Wildman–Crippen MR) is 80.3 cm³/mol. The smallest absolute Gasteiger partial charge is 0.0960 e. The number of hydrogen-bond donors (Lipinski definition) is 1. The molecule has 0 radical (unpaired) electrons. The molecule has 1 aromatic carbocycles. The highest BCUT2D eigenvalue weighted by atomic mass is 79.9. The Hall–Kier alpha value is -0.420. The van der Waals surface area contributed by atoms with Crippen molar-refractivity contribution >= 4 is 15.9 Å². The fourth-order valence-electron chi connectivity index (χ4n) is 2.24. The summed E-state index contributed by atoms with van der Waals surface area (Å²) >= 11 is 3.61. The second kappa shape index (κ2) is 8.00. The molecule has 2 rings (SSSR count). The third-order valence-electron chi connectivity index (χ3n) is 3.39. The van der Waals surface area contributed by atoms with Crippen molar-refractivity contribution in [3.63, 3.8) is 0 Å². The van der Waals surface area contributed by atoms with Gasteiger partial charge in [-0.1, -0.05) is 41.1 Å². The largest absolute Gasteiger partial charge is 0.381 e. The Morgan fingerprint density at radius 1 is 1.47 bits per heavy atom. The maximum absolute atomic E-state index is 6.12. The number of halogens is 1. The Morgan fingerprint density at radius 3 is 3.00 bits per heavy atom. The van der Waals surface area contributed by atoms with Gasteiger partial charge >= 0.3 is 0 Å². The van der Waals surface area contributed by atoms with Gasteiger partial charge in [0, 0.05) is 23.5 Å². The van der Waals surface area contributed by atoms with E-state index in [9.17, 15) is 0 Å². The molecule has 0 aliphatic carbocycles. The third kappa shape index (κ3) is 4.56. The topological polar surface area (TPSA) is 30.5 Å². The lowest BCUT2D eigenvalue weighted by molar-refractivity contribution is 0.0253. The quantitative estimate of drug-likeness (QED) is 0.834. The second-order valence-electron chi connectivity index (χ2n) is 4.88. The van der Waals surface area contributed by atoms with Gasteiger partial charge in [0.05, 0.1) is 19.3 Å². The summed E-state index contributed by atoms with van der Waals surface area (Å²) in [4.78, 5) is 0. The van der Waals surface area contributed by atoms with Crippen LogP contribution in [0.2, 0.25) is 0 Å². The predicted octanol–water partition coefficient (Wildman–Crippen LogP) is 3.15. The van der Waals surface area contributed by atoms with E-state index in [2.05, 4.69) is 46.4 Å². The van der Waals surface area contributed by atoms with E-state index >= 15 is 0 Å². The first-order valence-electron chi connectivity index (χ1n) is 6.95. The summed E-state index contributed by atoms with van der Waals surface area (Å²) < 4.78 is 12.6. The van der Waals surface area contributed by atoms with E-state index in [0.29, 0.717) is 5.92 Å². The Balaban J connectivity index is 1.96. The minimum atomic E-state index is 0.0936. The normalized spacial score (nSPS) is 20.6. The maximum atomic E-state index is 6.12. The van der Waals surface area contributed by atoms with E-state index in [0.717, 1.165) is 43.8 Å². The number of benzene rings is 1. The van der Waals surface area contributed by atoms with Gasteiger partial charge in [-0.05, 0) is 24.6 Å². The Kier molecular flexibility index (Phi) is 6.31. The molecule has 1 N–H and O–H groups in total. The minimum absolute atomic E-state index is 0.0936. The van der Waals surface area contributed by atoms with Crippen molar-refractivity contribution in [3.8, 4) is 0 Å². The van der Waals surface area contributed by atoms with Gasteiger partial charge in [-0.25, -0.2) is 0 Å². The molecule has 1 saturated heterocycles. The van der Waals surface area contributed by atoms with Gasteiger partial charge in [0.15, 0.2) is 0 Å². The van der Waals surface area contributed by atoms with Crippen molar-refractivity contribution in [3.05, 3.63) is 34.3 Å². The van der Waals surface area contributed by atoms with Crippen molar-refractivity contribution in [1.82, 2.24) is 5.32 Å². The van der Waals surface area contributed by atoms with Crippen LogP contribution in [0.3, 0.4) is 0 Å². The van der Waals surface area contributed by atoms with Crippen LogP contribution >= 0.6 is 15.9 Å². The summed E-state index contributed by atoms with van der Waals surface area (Å²) in [6.45, 7) is 6.40. The lowest BCUT2D eigenvalue weighted by atomic mass is 10.1. The third-order valence-corrected chi connectivity index (χ3v) is 4.11. The van der Waals surface area contributed by atoms with E-state index < -0.39 is 0 Å².